The molecule has 1 fully saturated rings. The Morgan fingerprint density at radius 1 is 1.57 bits per heavy atom. The first-order valence-electron chi connectivity index (χ1n) is 4.76. The summed E-state index contributed by atoms with van der Waals surface area (Å²) in [6.07, 6.45) is 0. The van der Waals surface area contributed by atoms with Gasteiger partial charge < -0.3 is 10.1 Å². The van der Waals surface area contributed by atoms with Crippen LogP contribution in [0.4, 0.5) is 0 Å². The van der Waals surface area contributed by atoms with Crippen molar-refractivity contribution in [1.82, 2.24) is 9.62 Å². The second kappa shape index (κ2) is 5.06. The molecule has 1 N–H and O–H groups in total. The van der Waals surface area contributed by atoms with E-state index in [4.69, 9.17) is 4.74 Å². The van der Waals surface area contributed by atoms with E-state index in [0.717, 1.165) is 6.54 Å². The molecule has 0 saturated carbocycles. The van der Waals surface area contributed by atoms with Gasteiger partial charge in [-0.25, -0.2) is 8.42 Å². The Balaban J connectivity index is 2.53. The molecule has 1 atom stereocenters. The van der Waals surface area contributed by atoms with E-state index < -0.39 is 10.0 Å². The lowest BCUT2D eigenvalue weighted by molar-refractivity contribution is 0.214. The standard InChI is InChI=1S/C8H18N2O3S/c1-8-7-10(4-3-9-8)14(11,12)6-5-13-2/h8-9H,3-7H2,1-2H3/t8-/m0/s1. The van der Waals surface area contributed by atoms with Crippen LogP contribution in [0.25, 0.3) is 0 Å². The van der Waals surface area contributed by atoms with Gasteiger partial charge in [0.25, 0.3) is 0 Å². The molecule has 14 heavy (non-hydrogen) atoms. The number of hydrogen-bond donors (Lipinski definition) is 1. The number of ether oxygens (including phenoxy) is 1. The molecule has 0 aromatic heterocycles. The summed E-state index contributed by atoms with van der Waals surface area (Å²) in [4.78, 5) is 0. The second-order valence-electron chi connectivity index (χ2n) is 3.52. The first kappa shape index (κ1) is 11.9. The van der Waals surface area contributed by atoms with Crippen molar-refractivity contribution in [3.8, 4) is 0 Å². The Morgan fingerprint density at radius 3 is 2.86 bits per heavy atom. The normalized spacial score (nSPS) is 25.1. The van der Waals surface area contributed by atoms with Crippen LogP contribution in [0.1, 0.15) is 6.92 Å². The molecule has 1 aliphatic rings. The summed E-state index contributed by atoms with van der Waals surface area (Å²) < 4.78 is 29.7. The lowest BCUT2D eigenvalue weighted by atomic mass is 10.3. The van der Waals surface area contributed by atoms with Crippen LogP contribution in [0.5, 0.6) is 0 Å². The predicted molar refractivity (Wildman–Crippen MR) is 54.7 cm³/mol. The van der Waals surface area contributed by atoms with Crippen molar-refractivity contribution < 1.29 is 13.2 Å². The number of nitrogens with one attached hydrogen (secondary N) is 1. The van der Waals surface area contributed by atoms with Crippen molar-refractivity contribution in [3.05, 3.63) is 0 Å². The molecule has 1 rings (SSSR count). The minimum Gasteiger partial charge on any atom is -0.384 e. The first-order valence-corrected chi connectivity index (χ1v) is 6.37. The number of piperazine rings is 1. The fourth-order valence-corrected chi connectivity index (χ4v) is 2.92. The zero-order valence-corrected chi connectivity index (χ0v) is 9.51. The Bertz CT molecular complexity index is 266. The third-order valence-corrected chi connectivity index (χ3v) is 4.07. The van der Waals surface area contributed by atoms with Gasteiger partial charge in [0.1, 0.15) is 0 Å². The first-order chi connectivity index (χ1) is 6.56. The Kier molecular flexibility index (Phi) is 4.31. The topological polar surface area (TPSA) is 58.6 Å². The zero-order chi connectivity index (χ0) is 10.6. The summed E-state index contributed by atoms with van der Waals surface area (Å²) >= 11 is 0. The molecule has 84 valence electrons. The smallest absolute Gasteiger partial charge is 0.216 e. The lowest BCUT2D eigenvalue weighted by Gasteiger charge is -2.30. The van der Waals surface area contributed by atoms with Crippen molar-refractivity contribution in [3.63, 3.8) is 0 Å². The molecule has 0 spiro atoms. The minimum atomic E-state index is -3.11. The second-order valence-corrected chi connectivity index (χ2v) is 5.61. The average Bonchev–Trinajstić information content (AvgIpc) is 2.15. The zero-order valence-electron chi connectivity index (χ0n) is 8.69. The fourth-order valence-electron chi connectivity index (χ4n) is 1.47. The number of hydrogen-bond acceptors (Lipinski definition) is 4. The van der Waals surface area contributed by atoms with E-state index in [2.05, 4.69) is 5.32 Å². The summed E-state index contributed by atoms with van der Waals surface area (Å²) in [7, 11) is -1.60. The summed E-state index contributed by atoms with van der Waals surface area (Å²) in [5.74, 6) is 0.0796. The fraction of sp³-hybridized carbons (Fsp3) is 1.00. The molecule has 0 aromatic rings. The van der Waals surface area contributed by atoms with Gasteiger partial charge >= 0.3 is 0 Å². The van der Waals surface area contributed by atoms with Gasteiger partial charge in [-0.1, -0.05) is 0 Å². The molecule has 0 aliphatic carbocycles. The van der Waals surface area contributed by atoms with E-state index in [0.29, 0.717) is 13.1 Å². The lowest BCUT2D eigenvalue weighted by Crippen LogP contribution is -2.52. The summed E-state index contributed by atoms with van der Waals surface area (Å²) in [6.45, 7) is 4.11. The molecular weight excluding hydrogens is 204 g/mol. The summed E-state index contributed by atoms with van der Waals surface area (Å²) in [5, 5.41) is 3.20. The van der Waals surface area contributed by atoms with Crippen LogP contribution >= 0.6 is 0 Å². The van der Waals surface area contributed by atoms with E-state index in [9.17, 15) is 8.42 Å². The third-order valence-electron chi connectivity index (χ3n) is 2.27. The van der Waals surface area contributed by atoms with Gasteiger partial charge in [-0.3, -0.25) is 0 Å². The van der Waals surface area contributed by atoms with Crippen molar-refractivity contribution in [2.45, 2.75) is 13.0 Å². The molecule has 5 nitrogen and oxygen atoms in total. The quantitative estimate of drug-likeness (QED) is 0.680. The molecule has 1 heterocycles. The van der Waals surface area contributed by atoms with Crippen molar-refractivity contribution >= 4 is 10.0 Å². The molecule has 0 unspecified atom stereocenters. The monoisotopic (exact) mass is 222 g/mol. The maximum absolute atomic E-state index is 11.7. The summed E-state index contributed by atoms with van der Waals surface area (Å²) in [5.41, 5.74) is 0. The van der Waals surface area contributed by atoms with E-state index in [1.165, 1.54) is 11.4 Å². The van der Waals surface area contributed by atoms with Crippen molar-refractivity contribution in [2.75, 3.05) is 39.1 Å². The van der Waals surface area contributed by atoms with Crippen LogP contribution < -0.4 is 5.32 Å². The van der Waals surface area contributed by atoms with Gasteiger partial charge in [0.15, 0.2) is 0 Å². The van der Waals surface area contributed by atoms with E-state index in [1.54, 1.807) is 0 Å². The van der Waals surface area contributed by atoms with Gasteiger partial charge in [-0.05, 0) is 6.92 Å². The molecule has 1 saturated heterocycles. The number of sulfonamides is 1. The van der Waals surface area contributed by atoms with E-state index in [1.807, 2.05) is 6.92 Å². The van der Waals surface area contributed by atoms with Crippen LogP contribution in [0.3, 0.4) is 0 Å². The van der Waals surface area contributed by atoms with Gasteiger partial charge in [-0.2, -0.15) is 4.31 Å². The van der Waals surface area contributed by atoms with Gasteiger partial charge in [0.05, 0.1) is 12.4 Å². The predicted octanol–water partition coefficient (Wildman–Crippen LogP) is -0.744. The highest BCUT2D eigenvalue weighted by atomic mass is 32.2. The average molecular weight is 222 g/mol. The Labute approximate surface area is 85.5 Å². The highest BCUT2D eigenvalue weighted by Gasteiger charge is 2.26. The van der Waals surface area contributed by atoms with Gasteiger partial charge in [0, 0.05) is 32.8 Å². The van der Waals surface area contributed by atoms with Crippen LogP contribution in [-0.4, -0.2) is 57.9 Å². The Hall–Kier alpha value is -0.170. The molecule has 0 bridgehead atoms. The van der Waals surface area contributed by atoms with E-state index >= 15 is 0 Å². The number of methoxy groups -OCH3 is 1. The van der Waals surface area contributed by atoms with E-state index in [-0.39, 0.29) is 18.4 Å². The third kappa shape index (κ3) is 3.20. The highest BCUT2D eigenvalue weighted by molar-refractivity contribution is 7.89. The van der Waals surface area contributed by atoms with Crippen molar-refractivity contribution in [1.29, 1.82) is 0 Å². The van der Waals surface area contributed by atoms with Crippen LogP contribution in [0.2, 0.25) is 0 Å². The maximum Gasteiger partial charge on any atom is 0.216 e. The van der Waals surface area contributed by atoms with Crippen molar-refractivity contribution in [2.24, 2.45) is 0 Å². The molecule has 6 heteroatoms. The SMILES string of the molecule is COCCS(=O)(=O)N1CCN[C@@H](C)C1. The highest BCUT2D eigenvalue weighted by Crippen LogP contribution is 2.06. The van der Waals surface area contributed by atoms with Crippen LogP contribution in [0.15, 0.2) is 0 Å². The minimum absolute atomic E-state index is 0.0796. The number of rotatable bonds is 4. The molecule has 0 radical (unpaired) electrons. The number of nitrogens with zero attached hydrogens (tertiary/aromatic N) is 1. The maximum atomic E-state index is 11.7. The summed E-state index contributed by atoms with van der Waals surface area (Å²) in [6, 6.07) is 0.237. The van der Waals surface area contributed by atoms with Crippen LogP contribution in [0, 0.1) is 0 Å². The Morgan fingerprint density at radius 2 is 2.29 bits per heavy atom. The van der Waals surface area contributed by atoms with Gasteiger partial charge in [0.2, 0.25) is 10.0 Å². The molecular formula is C8H18N2O3S. The molecule has 0 amide bonds. The van der Waals surface area contributed by atoms with Gasteiger partial charge in [-0.15, -0.1) is 0 Å². The molecule has 0 aromatic carbocycles. The largest absolute Gasteiger partial charge is 0.384 e. The molecule has 1 aliphatic heterocycles. The van der Waals surface area contributed by atoms with Crippen LogP contribution in [-0.2, 0) is 14.8 Å².